The van der Waals surface area contributed by atoms with Crippen molar-refractivity contribution in [1.29, 1.82) is 0 Å². The summed E-state index contributed by atoms with van der Waals surface area (Å²) in [7, 11) is -3.54. The predicted molar refractivity (Wildman–Crippen MR) is 70.5 cm³/mol. The van der Waals surface area contributed by atoms with Gasteiger partial charge in [0.2, 0.25) is 5.96 Å². The number of nitrogens with one attached hydrogen (secondary N) is 2. The van der Waals surface area contributed by atoms with Crippen molar-refractivity contribution in [2.24, 2.45) is 4.99 Å². The molecule has 18 heavy (non-hydrogen) atoms. The number of hydrogen-bond acceptors (Lipinski definition) is 3. The molecular formula is C11H12ClN3O2S. The first-order chi connectivity index (χ1) is 8.54. The summed E-state index contributed by atoms with van der Waals surface area (Å²) < 4.78 is 26.5. The minimum Gasteiger partial charge on any atom is -0.324 e. The Morgan fingerprint density at radius 2 is 2.11 bits per heavy atom. The predicted octanol–water partition coefficient (Wildman–Crippen LogP) is 1.95. The van der Waals surface area contributed by atoms with Gasteiger partial charge in [-0.05, 0) is 37.5 Å². The Kier molecular flexibility index (Phi) is 2.71. The highest BCUT2D eigenvalue weighted by Crippen LogP contribution is 2.29. The van der Waals surface area contributed by atoms with E-state index in [-0.39, 0.29) is 16.9 Å². The zero-order valence-corrected chi connectivity index (χ0v) is 11.1. The Bertz CT molecular complexity index is 623. The van der Waals surface area contributed by atoms with E-state index in [9.17, 15) is 8.42 Å². The second kappa shape index (κ2) is 4.13. The van der Waals surface area contributed by atoms with Crippen molar-refractivity contribution in [2.75, 3.05) is 5.32 Å². The van der Waals surface area contributed by atoms with Crippen LogP contribution in [0.1, 0.15) is 19.3 Å². The molecule has 0 aromatic heterocycles. The lowest BCUT2D eigenvalue weighted by atomic mass is 9.94. The Balaban J connectivity index is 2.01. The molecule has 1 aliphatic heterocycles. The van der Waals surface area contributed by atoms with Gasteiger partial charge in [0, 0.05) is 5.02 Å². The number of hydrogen-bond donors (Lipinski definition) is 2. The van der Waals surface area contributed by atoms with E-state index in [1.807, 2.05) is 0 Å². The van der Waals surface area contributed by atoms with Gasteiger partial charge in [0.15, 0.2) is 0 Å². The summed E-state index contributed by atoms with van der Waals surface area (Å²) >= 11 is 5.87. The summed E-state index contributed by atoms with van der Waals surface area (Å²) in [6.07, 6.45) is 3.17. The highest BCUT2D eigenvalue weighted by atomic mass is 35.5. The maximum Gasteiger partial charge on any atom is 0.266 e. The van der Waals surface area contributed by atoms with Crippen LogP contribution in [0, 0.1) is 0 Å². The van der Waals surface area contributed by atoms with Crippen LogP contribution in [0.5, 0.6) is 0 Å². The number of guanidine groups is 1. The van der Waals surface area contributed by atoms with Crippen LogP contribution in [0.3, 0.4) is 0 Å². The average Bonchev–Trinajstić information content (AvgIpc) is 2.21. The third kappa shape index (κ3) is 2.06. The number of aliphatic imine (C=N–C) groups is 1. The van der Waals surface area contributed by atoms with E-state index < -0.39 is 10.0 Å². The van der Waals surface area contributed by atoms with Crippen LogP contribution in [-0.4, -0.2) is 20.4 Å². The molecule has 0 spiro atoms. The summed E-state index contributed by atoms with van der Waals surface area (Å²) in [6, 6.07) is 4.84. The number of benzene rings is 1. The molecule has 1 saturated carbocycles. The van der Waals surface area contributed by atoms with Crippen molar-refractivity contribution in [3.05, 3.63) is 23.2 Å². The maximum absolute atomic E-state index is 12.0. The van der Waals surface area contributed by atoms with Crippen molar-refractivity contribution < 1.29 is 8.42 Å². The van der Waals surface area contributed by atoms with Crippen molar-refractivity contribution in [2.45, 2.75) is 30.2 Å². The van der Waals surface area contributed by atoms with E-state index in [4.69, 9.17) is 11.6 Å². The number of anilines is 1. The lowest BCUT2D eigenvalue weighted by Crippen LogP contribution is -2.42. The molecule has 2 N–H and O–H groups in total. The molecule has 1 aromatic rings. The molecule has 0 amide bonds. The van der Waals surface area contributed by atoms with E-state index in [1.54, 1.807) is 12.1 Å². The summed E-state index contributed by atoms with van der Waals surface area (Å²) in [5.74, 6) is 0.287. The first-order valence-corrected chi connectivity index (χ1v) is 7.58. The van der Waals surface area contributed by atoms with Crippen molar-refractivity contribution in [1.82, 2.24) is 4.72 Å². The van der Waals surface area contributed by atoms with E-state index >= 15 is 0 Å². The normalized spacial score (nSPS) is 23.7. The zero-order valence-electron chi connectivity index (χ0n) is 9.48. The van der Waals surface area contributed by atoms with E-state index in [2.05, 4.69) is 15.0 Å². The standard InChI is InChI=1S/C11H12ClN3O2S/c12-7-4-5-10-9(6-7)14-11(15-18(10,16)17)13-8-2-1-3-8/h4-6,8H,1-3H2,(H2,13,14,15). The fraction of sp³-hybridized carbons (Fsp3) is 0.364. The van der Waals surface area contributed by atoms with E-state index in [1.165, 1.54) is 6.07 Å². The van der Waals surface area contributed by atoms with Gasteiger partial charge in [-0.3, -0.25) is 0 Å². The molecule has 5 nitrogen and oxygen atoms in total. The highest BCUT2D eigenvalue weighted by molar-refractivity contribution is 7.90. The lowest BCUT2D eigenvalue weighted by Gasteiger charge is -2.26. The molecule has 96 valence electrons. The van der Waals surface area contributed by atoms with Crippen LogP contribution in [0.15, 0.2) is 28.1 Å². The highest BCUT2D eigenvalue weighted by Gasteiger charge is 2.28. The minimum atomic E-state index is -3.54. The van der Waals surface area contributed by atoms with Gasteiger partial charge in [-0.2, -0.15) is 0 Å². The Morgan fingerprint density at radius 1 is 1.33 bits per heavy atom. The summed E-state index contributed by atoms with van der Waals surface area (Å²) in [6.45, 7) is 0. The summed E-state index contributed by atoms with van der Waals surface area (Å²) in [5, 5.41) is 3.46. The summed E-state index contributed by atoms with van der Waals surface area (Å²) in [5.41, 5.74) is 0.472. The SMILES string of the molecule is O=S1(=O)NC(=NC2CCC2)Nc2cc(Cl)ccc21. The smallest absolute Gasteiger partial charge is 0.266 e. The third-order valence-electron chi connectivity index (χ3n) is 3.10. The lowest BCUT2D eigenvalue weighted by molar-refractivity contribution is 0.419. The Morgan fingerprint density at radius 3 is 2.78 bits per heavy atom. The minimum absolute atomic E-state index is 0.194. The fourth-order valence-corrected chi connectivity index (χ4v) is 3.21. The van der Waals surface area contributed by atoms with Crippen LogP contribution in [0.25, 0.3) is 0 Å². The van der Waals surface area contributed by atoms with Gasteiger partial charge in [0.05, 0.1) is 11.7 Å². The second-order valence-electron chi connectivity index (χ2n) is 4.43. The number of rotatable bonds is 1. The molecule has 0 atom stereocenters. The molecule has 0 unspecified atom stereocenters. The van der Waals surface area contributed by atoms with Crippen LogP contribution >= 0.6 is 11.6 Å². The van der Waals surface area contributed by atoms with Gasteiger partial charge in [-0.25, -0.2) is 18.1 Å². The number of fused-ring (bicyclic) bond motifs is 1. The first-order valence-electron chi connectivity index (χ1n) is 5.72. The zero-order chi connectivity index (χ0) is 12.8. The monoisotopic (exact) mass is 285 g/mol. The van der Waals surface area contributed by atoms with Gasteiger partial charge >= 0.3 is 0 Å². The second-order valence-corrected chi connectivity index (χ2v) is 6.52. The molecule has 2 aliphatic rings. The molecule has 1 heterocycles. The van der Waals surface area contributed by atoms with Gasteiger partial charge in [0.25, 0.3) is 10.0 Å². The third-order valence-corrected chi connectivity index (χ3v) is 4.73. The summed E-state index contributed by atoms with van der Waals surface area (Å²) in [4.78, 5) is 4.53. The van der Waals surface area contributed by atoms with Gasteiger partial charge in [0.1, 0.15) is 4.90 Å². The quantitative estimate of drug-likeness (QED) is 0.828. The van der Waals surface area contributed by atoms with Crippen molar-refractivity contribution in [3.63, 3.8) is 0 Å². The van der Waals surface area contributed by atoms with Crippen molar-refractivity contribution >= 4 is 33.3 Å². The Labute approximate surface area is 110 Å². The largest absolute Gasteiger partial charge is 0.324 e. The molecular weight excluding hydrogens is 274 g/mol. The van der Waals surface area contributed by atoms with E-state index in [0.717, 1.165) is 19.3 Å². The van der Waals surface area contributed by atoms with Gasteiger partial charge in [-0.1, -0.05) is 11.6 Å². The number of halogens is 1. The van der Waals surface area contributed by atoms with Gasteiger partial charge < -0.3 is 5.32 Å². The molecule has 7 heteroatoms. The molecule has 3 rings (SSSR count). The molecule has 1 aliphatic carbocycles. The van der Waals surface area contributed by atoms with Crippen LogP contribution in [-0.2, 0) is 10.0 Å². The van der Waals surface area contributed by atoms with Crippen molar-refractivity contribution in [3.8, 4) is 0 Å². The van der Waals surface area contributed by atoms with E-state index in [0.29, 0.717) is 10.7 Å². The van der Waals surface area contributed by atoms with Crippen LogP contribution < -0.4 is 10.0 Å². The van der Waals surface area contributed by atoms with Gasteiger partial charge in [-0.15, -0.1) is 0 Å². The number of nitrogens with zero attached hydrogens (tertiary/aromatic N) is 1. The molecule has 1 aromatic carbocycles. The average molecular weight is 286 g/mol. The maximum atomic E-state index is 12.0. The fourth-order valence-electron chi connectivity index (χ4n) is 1.93. The molecule has 0 bridgehead atoms. The number of sulfonamides is 1. The van der Waals surface area contributed by atoms with Crippen LogP contribution in [0.2, 0.25) is 5.02 Å². The van der Waals surface area contributed by atoms with Crippen LogP contribution in [0.4, 0.5) is 5.69 Å². The molecule has 0 saturated heterocycles. The molecule has 0 radical (unpaired) electrons. The first kappa shape index (κ1) is 11.8. The Hall–Kier alpha value is -1.27. The molecule has 1 fully saturated rings. The topological polar surface area (TPSA) is 70.6 Å².